The average molecular weight is 220 g/mol. The lowest BCUT2D eigenvalue weighted by atomic mass is 10.1. The van der Waals surface area contributed by atoms with Gasteiger partial charge in [0.05, 0.1) is 0 Å². The molecule has 0 fully saturated rings. The van der Waals surface area contributed by atoms with E-state index >= 15 is 0 Å². The van der Waals surface area contributed by atoms with Crippen molar-refractivity contribution in [3.05, 3.63) is 35.4 Å². The number of nitrogens with zero attached hydrogens (tertiary/aromatic N) is 1. The first-order valence-corrected chi connectivity index (χ1v) is 6.30. The van der Waals surface area contributed by atoms with Crippen LogP contribution in [0.3, 0.4) is 0 Å². The lowest BCUT2D eigenvalue weighted by Crippen LogP contribution is -2.23. The highest BCUT2D eigenvalue weighted by Gasteiger charge is 2.02. The lowest BCUT2D eigenvalue weighted by Gasteiger charge is -2.20. The third-order valence-electron chi connectivity index (χ3n) is 2.94. The van der Waals surface area contributed by atoms with Gasteiger partial charge in [0.2, 0.25) is 0 Å². The van der Waals surface area contributed by atoms with Crippen LogP contribution in [-0.2, 0) is 13.1 Å². The fourth-order valence-corrected chi connectivity index (χ4v) is 1.77. The van der Waals surface area contributed by atoms with E-state index in [-0.39, 0.29) is 0 Å². The molecule has 0 aliphatic heterocycles. The van der Waals surface area contributed by atoms with Gasteiger partial charge in [-0.15, -0.1) is 0 Å². The van der Waals surface area contributed by atoms with Gasteiger partial charge in [-0.1, -0.05) is 44.5 Å². The summed E-state index contributed by atoms with van der Waals surface area (Å²) >= 11 is 0. The van der Waals surface area contributed by atoms with E-state index < -0.39 is 0 Å². The van der Waals surface area contributed by atoms with Crippen LogP contribution in [0.2, 0.25) is 0 Å². The Hall–Kier alpha value is -0.860. The first-order chi connectivity index (χ1) is 7.80. The monoisotopic (exact) mass is 220 g/mol. The number of nitrogens with two attached hydrogens (primary N) is 1. The minimum Gasteiger partial charge on any atom is -0.326 e. The van der Waals surface area contributed by atoms with Crippen molar-refractivity contribution >= 4 is 0 Å². The summed E-state index contributed by atoms with van der Waals surface area (Å²) in [5.41, 5.74) is 8.18. The second-order valence-electron chi connectivity index (χ2n) is 4.24. The van der Waals surface area contributed by atoms with Crippen molar-refractivity contribution in [2.45, 2.75) is 39.8 Å². The maximum atomic E-state index is 5.58. The molecule has 2 heteroatoms. The lowest BCUT2D eigenvalue weighted by molar-refractivity contribution is 0.275. The average Bonchev–Trinajstić information content (AvgIpc) is 2.35. The van der Waals surface area contributed by atoms with Crippen molar-refractivity contribution in [3.8, 4) is 0 Å². The van der Waals surface area contributed by atoms with E-state index in [0.717, 1.165) is 13.1 Å². The van der Waals surface area contributed by atoms with Crippen molar-refractivity contribution in [1.29, 1.82) is 0 Å². The first kappa shape index (κ1) is 13.2. The molecule has 0 aliphatic carbocycles. The Labute approximate surface area is 99.5 Å². The smallest absolute Gasteiger partial charge is 0.0233 e. The molecular formula is C14H24N2. The van der Waals surface area contributed by atoms with Crippen LogP contribution in [0.5, 0.6) is 0 Å². The first-order valence-electron chi connectivity index (χ1n) is 6.30. The molecular weight excluding hydrogens is 196 g/mol. The highest BCUT2D eigenvalue weighted by atomic mass is 15.1. The summed E-state index contributed by atoms with van der Waals surface area (Å²) in [6, 6.07) is 8.64. The summed E-state index contributed by atoms with van der Waals surface area (Å²) in [4.78, 5) is 2.49. The van der Waals surface area contributed by atoms with E-state index in [1.807, 2.05) is 0 Å². The molecule has 1 aromatic rings. The Bertz CT molecular complexity index is 279. The fraction of sp³-hybridized carbons (Fsp3) is 0.571. The van der Waals surface area contributed by atoms with Crippen molar-refractivity contribution < 1.29 is 0 Å². The van der Waals surface area contributed by atoms with Gasteiger partial charge in [-0.3, -0.25) is 4.90 Å². The van der Waals surface area contributed by atoms with E-state index in [1.54, 1.807) is 0 Å². The molecule has 0 saturated carbocycles. The van der Waals surface area contributed by atoms with Crippen LogP contribution >= 0.6 is 0 Å². The molecule has 0 aromatic heterocycles. The van der Waals surface area contributed by atoms with Crippen LogP contribution in [-0.4, -0.2) is 18.0 Å². The van der Waals surface area contributed by atoms with Gasteiger partial charge in [-0.25, -0.2) is 0 Å². The van der Waals surface area contributed by atoms with E-state index in [9.17, 15) is 0 Å². The van der Waals surface area contributed by atoms with Crippen LogP contribution in [0, 0.1) is 0 Å². The second-order valence-corrected chi connectivity index (χ2v) is 4.24. The standard InChI is InChI=1S/C14H24N2/c1-3-5-10-16(4-2)12-14-8-6-13(11-15)7-9-14/h6-9H,3-5,10-12,15H2,1-2H3. The number of unbranched alkanes of at least 4 members (excludes halogenated alkanes) is 1. The molecule has 0 spiro atoms. The molecule has 0 bridgehead atoms. The molecule has 1 rings (SSSR count). The number of hydrogen-bond acceptors (Lipinski definition) is 2. The van der Waals surface area contributed by atoms with Gasteiger partial charge >= 0.3 is 0 Å². The van der Waals surface area contributed by atoms with Gasteiger partial charge in [0, 0.05) is 13.1 Å². The minimum absolute atomic E-state index is 0.633. The van der Waals surface area contributed by atoms with Crippen molar-refractivity contribution in [3.63, 3.8) is 0 Å². The summed E-state index contributed by atoms with van der Waals surface area (Å²) in [7, 11) is 0. The van der Waals surface area contributed by atoms with E-state index in [4.69, 9.17) is 5.73 Å². The number of benzene rings is 1. The summed E-state index contributed by atoms with van der Waals surface area (Å²) in [5.74, 6) is 0. The zero-order chi connectivity index (χ0) is 11.8. The van der Waals surface area contributed by atoms with Crippen molar-refractivity contribution in [2.24, 2.45) is 5.73 Å². The van der Waals surface area contributed by atoms with E-state index in [0.29, 0.717) is 6.54 Å². The Morgan fingerprint density at radius 1 is 1.06 bits per heavy atom. The Morgan fingerprint density at radius 3 is 2.19 bits per heavy atom. The summed E-state index contributed by atoms with van der Waals surface area (Å²) in [6.07, 6.45) is 2.55. The minimum atomic E-state index is 0.633. The van der Waals surface area contributed by atoms with Crippen LogP contribution in [0.1, 0.15) is 37.8 Å². The largest absolute Gasteiger partial charge is 0.326 e. The molecule has 2 nitrogen and oxygen atoms in total. The van der Waals surface area contributed by atoms with E-state index in [1.165, 1.54) is 30.5 Å². The summed E-state index contributed by atoms with van der Waals surface area (Å²) in [5, 5.41) is 0. The van der Waals surface area contributed by atoms with Gasteiger partial charge in [0.25, 0.3) is 0 Å². The van der Waals surface area contributed by atoms with Crippen molar-refractivity contribution in [2.75, 3.05) is 13.1 Å². The molecule has 0 atom stereocenters. The Kier molecular flexibility index (Phi) is 6.12. The zero-order valence-electron chi connectivity index (χ0n) is 10.6. The highest BCUT2D eigenvalue weighted by molar-refractivity contribution is 5.22. The third-order valence-corrected chi connectivity index (χ3v) is 2.94. The molecule has 0 saturated heterocycles. The SMILES string of the molecule is CCCCN(CC)Cc1ccc(CN)cc1. The highest BCUT2D eigenvalue weighted by Crippen LogP contribution is 2.08. The predicted octanol–water partition coefficient (Wildman–Crippen LogP) is 2.77. The predicted molar refractivity (Wildman–Crippen MR) is 70.2 cm³/mol. The molecule has 0 aliphatic rings. The van der Waals surface area contributed by atoms with Crippen LogP contribution in [0.15, 0.2) is 24.3 Å². The quantitative estimate of drug-likeness (QED) is 0.765. The van der Waals surface area contributed by atoms with Crippen LogP contribution in [0.4, 0.5) is 0 Å². The normalized spacial score (nSPS) is 11.0. The third kappa shape index (κ3) is 4.33. The van der Waals surface area contributed by atoms with Gasteiger partial charge in [0.15, 0.2) is 0 Å². The molecule has 0 radical (unpaired) electrons. The molecule has 0 heterocycles. The maximum absolute atomic E-state index is 5.58. The van der Waals surface area contributed by atoms with Gasteiger partial charge in [-0.05, 0) is 30.6 Å². The molecule has 2 N–H and O–H groups in total. The van der Waals surface area contributed by atoms with Gasteiger partial charge in [0.1, 0.15) is 0 Å². The van der Waals surface area contributed by atoms with Crippen LogP contribution < -0.4 is 5.73 Å². The molecule has 0 amide bonds. The molecule has 1 aromatic carbocycles. The second kappa shape index (κ2) is 7.42. The van der Waals surface area contributed by atoms with Gasteiger partial charge in [-0.2, -0.15) is 0 Å². The zero-order valence-corrected chi connectivity index (χ0v) is 10.6. The topological polar surface area (TPSA) is 29.3 Å². The molecule has 90 valence electrons. The summed E-state index contributed by atoms with van der Waals surface area (Å²) in [6.45, 7) is 8.48. The maximum Gasteiger partial charge on any atom is 0.0233 e. The Balaban J connectivity index is 2.49. The number of rotatable bonds is 7. The van der Waals surface area contributed by atoms with Crippen molar-refractivity contribution in [1.82, 2.24) is 4.90 Å². The molecule has 16 heavy (non-hydrogen) atoms. The summed E-state index contributed by atoms with van der Waals surface area (Å²) < 4.78 is 0. The van der Waals surface area contributed by atoms with Gasteiger partial charge < -0.3 is 5.73 Å². The Morgan fingerprint density at radius 2 is 1.69 bits per heavy atom. The van der Waals surface area contributed by atoms with E-state index in [2.05, 4.69) is 43.0 Å². The fourth-order valence-electron chi connectivity index (χ4n) is 1.77. The number of hydrogen-bond donors (Lipinski definition) is 1. The molecule has 0 unspecified atom stereocenters. The van der Waals surface area contributed by atoms with Crippen LogP contribution in [0.25, 0.3) is 0 Å².